The molecular formula is C25H27N3O7S2. The number of hydrogen-bond donors (Lipinski definition) is 3. The summed E-state index contributed by atoms with van der Waals surface area (Å²) in [5.41, 5.74) is 0.240. The van der Waals surface area contributed by atoms with Crippen molar-refractivity contribution in [3.8, 4) is 11.5 Å². The van der Waals surface area contributed by atoms with Gasteiger partial charge in [0.2, 0.25) is 26.0 Å². The van der Waals surface area contributed by atoms with Gasteiger partial charge in [-0.25, -0.2) is 27.0 Å². The molecule has 1 saturated heterocycles. The Morgan fingerprint density at radius 2 is 1.35 bits per heavy atom. The minimum absolute atomic E-state index is 0.0116. The van der Waals surface area contributed by atoms with Crippen LogP contribution in [0.3, 0.4) is 0 Å². The van der Waals surface area contributed by atoms with E-state index in [-0.39, 0.29) is 42.1 Å². The molecule has 1 heterocycles. The molecule has 0 unspecified atom stereocenters. The van der Waals surface area contributed by atoms with E-state index in [1.165, 1.54) is 46.2 Å². The second-order valence-corrected chi connectivity index (χ2v) is 12.3. The normalized spacial score (nSPS) is 16.1. The highest BCUT2D eigenvalue weighted by Gasteiger charge is 2.42. The molecule has 0 spiro atoms. The first kappa shape index (κ1) is 26.8. The fourth-order valence-electron chi connectivity index (χ4n) is 4.21. The molecule has 0 atom stereocenters. The molecule has 3 aromatic rings. The zero-order valence-corrected chi connectivity index (χ0v) is 21.4. The van der Waals surface area contributed by atoms with Crippen LogP contribution < -0.4 is 14.9 Å². The van der Waals surface area contributed by atoms with E-state index in [2.05, 4.69) is 4.72 Å². The predicted molar refractivity (Wildman–Crippen MR) is 135 cm³/mol. The standard InChI is InChI=1S/C25H27N3O7S2/c29-24(26-30)19-25(15-17-28(18-16-25)37(33,34)23-9-5-2-6-10-23)27-36(31,32)22-13-11-21(12-14-22)35-20-7-3-1-4-8-20/h1-14,27,30H,15-19H2,(H,26,29). The van der Waals surface area contributed by atoms with E-state index in [1.54, 1.807) is 30.3 Å². The average Bonchev–Trinajstić information content (AvgIpc) is 2.90. The van der Waals surface area contributed by atoms with E-state index in [1.807, 2.05) is 18.2 Å². The van der Waals surface area contributed by atoms with Crippen molar-refractivity contribution in [3.63, 3.8) is 0 Å². The Labute approximate surface area is 215 Å². The summed E-state index contributed by atoms with van der Waals surface area (Å²) >= 11 is 0. The topological polar surface area (TPSA) is 142 Å². The van der Waals surface area contributed by atoms with Crippen molar-refractivity contribution in [3.05, 3.63) is 84.9 Å². The van der Waals surface area contributed by atoms with E-state index in [9.17, 15) is 21.6 Å². The number of carbonyl (C=O) groups excluding carboxylic acids is 1. The number of para-hydroxylation sites is 1. The number of sulfonamides is 2. The first-order valence-electron chi connectivity index (χ1n) is 11.5. The van der Waals surface area contributed by atoms with Crippen molar-refractivity contribution < 1.29 is 31.6 Å². The van der Waals surface area contributed by atoms with Crippen LogP contribution in [-0.4, -0.2) is 50.9 Å². The first-order valence-corrected chi connectivity index (χ1v) is 14.4. The van der Waals surface area contributed by atoms with Gasteiger partial charge in [-0.15, -0.1) is 0 Å². The quantitative estimate of drug-likeness (QED) is 0.277. The van der Waals surface area contributed by atoms with Crippen LogP contribution in [0.1, 0.15) is 19.3 Å². The summed E-state index contributed by atoms with van der Waals surface area (Å²) in [5, 5.41) is 9.08. The lowest BCUT2D eigenvalue weighted by molar-refractivity contribution is -0.130. The van der Waals surface area contributed by atoms with E-state index in [0.717, 1.165) is 0 Å². The fourth-order valence-corrected chi connectivity index (χ4v) is 7.13. The molecule has 0 aromatic heterocycles. The maximum absolute atomic E-state index is 13.3. The Kier molecular flexibility index (Phi) is 7.95. The number of benzene rings is 3. The van der Waals surface area contributed by atoms with Crippen LogP contribution in [0.15, 0.2) is 94.7 Å². The molecule has 1 aliphatic heterocycles. The number of hydrogen-bond acceptors (Lipinski definition) is 7. The largest absolute Gasteiger partial charge is 0.457 e. The van der Waals surface area contributed by atoms with Gasteiger partial charge in [-0.1, -0.05) is 36.4 Å². The van der Waals surface area contributed by atoms with E-state index in [0.29, 0.717) is 11.5 Å². The summed E-state index contributed by atoms with van der Waals surface area (Å²) < 4.78 is 62.1. The molecule has 4 rings (SSSR count). The van der Waals surface area contributed by atoms with Gasteiger partial charge in [-0.05, 0) is 61.4 Å². The number of piperidine rings is 1. The van der Waals surface area contributed by atoms with Gasteiger partial charge in [-0.2, -0.15) is 4.31 Å². The summed E-state index contributed by atoms with van der Waals surface area (Å²) in [5.74, 6) is 0.259. The molecule has 12 heteroatoms. The fraction of sp³-hybridized carbons (Fsp3) is 0.240. The predicted octanol–water partition coefficient (Wildman–Crippen LogP) is 2.88. The van der Waals surface area contributed by atoms with Crippen LogP contribution in [0.5, 0.6) is 11.5 Å². The summed E-state index contributed by atoms with van der Waals surface area (Å²) in [6, 6.07) is 22.8. The van der Waals surface area contributed by atoms with Crippen LogP contribution in [-0.2, 0) is 24.8 Å². The molecular weight excluding hydrogens is 518 g/mol. The molecule has 10 nitrogen and oxygen atoms in total. The Balaban J connectivity index is 1.51. The van der Waals surface area contributed by atoms with Gasteiger partial charge in [0.25, 0.3) is 0 Å². The number of nitrogens with one attached hydrogen (secondary N) is 2. The second-order valence-electron chi connectivity index (χ2n) is 8.70. The highest BCUT2D eigenvalue weighted by Crippen LogP contribution is 2.31. The van der Waals surface area contributed by atoms with Gasteiger partial charge in [0, 0.05) is 25.0 Å². The molecule has 0 bridgehead atoms. The lowest BCUT2D eigenvalue weighted by atomic mass is 9.86. The number of rotatable bonds is 9. The third kappa shape index (κ3) is 6.35. The number of amides is 1. The molecule has 1 aliphatic rings. The third-order valence-corrected chi connectivity index (χ3v) is 9.66. The monoisotopic (exact) mass is 545 g/mol. The molecule has 196 valence electrons. The molecule has 1 amide bonds. The molecule has 0 saturated carbocycles. The second kappa shape index (κ2) is 11.0. The smallest absolute Gasteiger partial charge is 0.245 e. The molecule has 37 heavy (non-hydrogen) atoms. The minimum Gasteiger partial charge on any atom is -0.457 e. The van der Waals surface area contributed by atoms with Crippen molar-refractivity contribution in [2.45, 2.75) is 34.6 Å². The Hall–Kier alpha value is -3.29. The highest BCUT2D eigenvalue weighted by molar-refractivity contribution is 7.89. The summed E-state index contributed by atoms with van der Waals surface area (Å²) in [6.45, 7) is -0.0232. The van der Waals surface area contributed by atoms with Gasteiger partial charge in [-0.3, -0.25) is 10.0 Å². The maximum Gasteiger partial charge on any atom is 0.245 e. The number of ether oxygens (including phenoxy) is 1. The Morgan fingerprint density at radius 1 is 0.811 bits per heavy atom. The minimum atomic E-state index is -4.10. The summed E-state index contributed by atoms with van der Waals surface area (Å²) in [4.78, 5) is 12.2. The van der Waals surface area contributed by atoms with E-state index >= 15 is 0 Å². The average molecular weight is 546 g/mol. The van der Waals surface area contributed by atoms with Gasteiger partial charge in [0.05, 0.1) is 9.79 Å². The lowest BCUT2D eigenvalue weighted by Gasteiger charge is -2.41. The SMILES string of the molecule is O=C(CC1(NS(=O)(=O)c2ccc(Oc3ccccc3)cc2)CCN(S(=O)(=O)c2ccccc2)CC1)NO. The van der Waals surface area contributed by atoms with Crippen molar-refractivity contribution in [1.82, 2.24) is 14.5 Å². The molecule has 1 fully saturated rings. The summed E-state index contributed by atoms with van der Waals surface area (Å²) in [6.07, 6.45) is -0.307. The van der Waals surface area contributed by atoms with Gasteiger partial charge in [0.15, 0.2) is 0 Å². The van der Waals surface area contributed by atoms with E-state index < -0.39 is 31.5 Å². The maximum atomic E-state index is 13.3. The van der Waals surface area contributed by atoms with Crippen molar-refractivity contribution in [2.75, 3.05) is 13.1 Å². The molecule has 3 aromatic carbocycles. The third-order valence-electron chi connectivity index (χ3n) is 6.15. The van der Waals surface area contributed by atoms with Crippen LogP contribution in [0.25, 0.3) is 0 Å². The van der Waals surface area contributed by atoms with Crippen LogP contribution >= 0.6 is 0 Å². The van der Waals surface area contributed by atoms with Gasteiger partial charge in [0.1, 0.15) is 11.5 Å². The zero-order chi connectivity index (χ0) is 26.5. The summed E-state index contributed by atoms with van der Waals surface area (Å²) in [7, 11) is -7.88. The number of carbonyl (C=O) groups is 1. The van der Waals surface area contributed by atoms with Crippen LogP contribution in [0, 0.1) is 0 Å². The van der Waals surface area contributed by atoms with Crippen molar-refractivity contribution in [2.24, 2.45) is 0 Å². The van der Waals surface area contributed by atoms with Crippen molar-refractivity contribution >= 4 is 26.0 Å². The molecule has 0 aliphatic carbocycles. The number of nitrogens with zero attached hydrogens (tertiary/aromatic N) is 1. The van der Waals surface area contributed by atoms with Gasteiger partial charge < -0.3 is 4.74 Å². The van der Waals surface area contributed by atoms with Crippen LogP contribution in [0.2, 0.25) is 0 Å². The van der Waals surface area contributed by atoms with Crippen molar-refractivity contribution in [1.29, 1.82) is 0 Å². The highest BCUT2D eigenvalue weighted by atomic mass is 32.2. The zero-order valence-electron chi connectivity index (χ0n) is 19.8. The lowest BCUT2D eigenvalue weighted by Crippen LogP contribution is -2.57. The van der Waals surface area contributed by atoms with E-state index in [4.69, 9.17) is 9.94 Å². The van der Waals surface area contributed by atoms with Gasteiger partial charge >= 0.3 is 0 Å². The number of hydroxylamine groups is 1. The molecule has 0 radical (unpaired) electrons. The Morgan fingerprint density at radius 3 is 1.92 bits per heavy atom. The molecule has 3 N–H and O–H groups in total. The van der Waals surface area contributed by atoms with Crippen LogP contribution in [0.4, 0.5) is 0 Å². The first-order chi connectivity index (χ1) is 17.6. The Bertz CT molecular complexity index is 1420.